The fourth-order valence-electron chi connectivity index (χ4n) is 3.08. The van der Waals surface area contributed by atoms with E-state index in [0.29, 0.717) is 12.6 Å². The normalized spacial score (nSPS) is 27.2. The van der Waals surface area contributed by atoms with Crippen molar-refractivity contribution in [2.75, 3.05) is 13.6 Å². The quantitative estimate of drug-likeness (QED) is 0.767. The van der Waals surface area contributed by atoms with E-state index in [-0.39, 0.29) is 5.92 Å². The van der Waals surface area contributed by atoms with E-state index in [1.807, 2.05) is 0 Å². The van der Waals surface area contributed by atoms with Gasteiger partial charge in [-0.3, -0.25) is 4.79 Å². The van der Waals surface area contributed by atoms with Crippen LogP contribution in [0.25, 0.3) is 0 Å². The molecule has 18 heavy (non-hydrogen) atoms. The second-order valence-electron chi connectivity index (χ2n) is 6.35. The number of carbonyl (C=O) groups is 1. The molecule has 3 atom stereocenters. The zero-order valence-electron chi connectivity index (χ0n) is 12.4. The minimum absolute atomic E-state index is 0.265. The topological polar surface area (TPSA) is 40.5 Å². The molecule has 106 valence electrons. The molecule has 0 aliphatic heterocycles. The van der Waals surface area contributed by atoms with Crippen LogP contribution in [0.5, 0.6) is 0 Å². The van der Waals surface area contributed by atoms with Crippen LogP contribution in [-0.2, 0) is 4.79 Å². The van der Waals surface area contributed by atoms with Gasteiger partial charge in [0.05, 0.1) is 5.92 Å². The first-order valence-corrected chi connectivity index (χ1v) is 7.34. The van der Waals surface area contributed by atoms with Crippen LogP contribution in [0.1, 0.15) is 52.9 Å². The number of aliphatic carboxylic acids is 1. The van der Waals surface area contributed by atoms with E-state index >= 15 is 0 Å². The van der Waals surface area contributed by atoms with Crippen molar-refractivity contribution in [2.45, 2.75) is 58.9 Å². The van der Waals surface area contributed by atoms with E-state index in [9.17, 15) is 4.79 Å². The Morgan fingerprint density at radius 3 is 2.44 bits per heavy atom. The predicted molar refractivity (Wildman–Crippen MR) is 74.6 cm³/mol. The Kier molecular flexibility index (Phi) is 6.13. The molecule has 3 heteroatoms. The number of carboxylic acid groups (broad SMARTS) is 1. The van der Waals surface area contributed by atoms with E-state index in [1.54, 1.807) is 6.92 Å². The molecule has 3 nitrogen and oxygen atoms in total. The lowest BCUT2D eigenvalue weighted by Crippen LogP contribution is -2.36. The smallest absolute Gasteiger partial charge is 0.307 e. The number of carboxylic acids is 1. The molecule has 0 amide bonds. The van der Waals surface area contributed by atoms with Crippen LogP contribution < -0.4 is 0 Å². The van der Waals surface area contributed by atoms with Crippen molar-refractivity contribution < 1.29 is 9.90 Å². The first-order valence-electron chi connectivity index (χ1n) is 7.34. The number of hydrogen-bond acceptors (Lipinski definition) is 2. The number of nitrogens with zero attached hydrogens (tertiary/aromatic N) is 1. The Labute approximate surface area is 112 Å². The first kappa shape index (κ1) is 15.5. The zero-order valence-corrected chi connectivity index (χ0v) is 12.4. The molecule has 1 aliphatic rings. The summed E-state index contributed by atoms with van der Waals surface area (Å²) >= 11 is 0. The van der Waals surface area contributed by atoms with Gasteiger partial charge >= 0.3 is 5.97 Å². The highest BCUT2D eigenvalue weighted by Gasteiger charge is 2.25. The van der Waals surface area contributed by atoms with Crippen molar-refractivity contribution in [1.29, 1.82) is 0 Å². The fourth-order valence-corrected chi connectivity index (χ4v) is 3.08. The molecule has 0 radical (unpaired) electrons. The highest BCUT2D eigenvalue weighted by atomic mass is 16.4. The van der Waals surface area contributed by atoms with Crippen molar-refractivity contribution in [2.24, 2.45) is 17.8 Å². The summed E-state index contributed by atoms with van der Waals surface area (Å²) in [5.41, 5.74) is 0. The summed E-state index contributed by atoms with van der Waals surface area (Å²) < 4.78 is 0. The molecule has 0 bridgehead atoms. The van der Waals surface area contributed by atoms with Crippen LogP contribution in [-0.4, -0.2) is 35.6 Å². The zero-order chi connectivity index (χ0) is 13.7. The Morgan fingerprint density at radius 1 is 1.22 bits per heavy atom. The summed E-state index contributed by atoms with van der Waals surface area (Å²) in [5, 5.41) is 8.97. The van der Waals surface area contributed by atoms with Gasteiger partial charge in [-0.25, -0.2) is 0 Å². The Balaban J connectivity index is 2.44. The van der Waals surface area contributed by atoms with Gasteiger partial charge in [0.15, 0.2) is 0 Å². The van der Waals surface area contributed by atoms with E-state index in [2.05, 4.69) is 25.8 Å². The molecule has 1 N–H and O–H groups in total. The van der Waals surface area contributed by atoms with E-state index in [0.717, 1.165) is 11.8 Å². The molecule has 1 aliphatic carbocycles. The largest absolute Gasteiger partial charge is 0.481 e. The van der Waals surface area contributed by atoms with E-state index < -0.39 is 5.97 Å². The van der Waals surface area contributed by atoms with Crippen LogP contribution in [0.3, 0.4) is 0 Å². The maximum absolute atomic E-state index is 10.9. The summed E-state index contributed by atoms with van der Waals surface area (Å²) in [7, 11) is 2.08. The fraction of sp³-hybridized carbons (Fsp3) is 0.933. The van der Waals surface area contributed by atoms with Gasteiger partial charge in [-0.05, 0) is 38.1 Å². The summed E-state index contributed by atoms with van der Waals surface area (Å²) in [6.45, 7) is 7.11. The predicted octanol–water partition coefficient (Wildman–Crippen LogP) is 3.24. The summed E-state index contributed by atoms with van der Waals surface area (Å²) in [5.74, 6) is 0.696. The van der Waals surface area contributed by atoms with Gasteiger partial charge in [0, 0.05) is 12.6 Å². The van der Waals surface area contributed by atoms with E-state index in [4.69, 9.17) is 5.11 Å². The van der Waals surface area contributed by atoms with Crippen LogP contribution in [0.4, 0.5) is 0 Å². The number of rotatable bonds is 5. The maximum Gasteiger partial charge on any atom is 0.307 e. The average Bonchev–Trinajstić information content (AvgIpc) is 2.53. The maximum atomic E-state index is 10.9. The van der Waals surface area contributed by atoms with Crippen molar-refractivity contribution in [1.82, 2.24) is 4.90 Å². The van der Waals surface area contributed by atoms with Gasteiger partial charge in [0.1, 0.15) is 0 Å². The average molecular weight is 255 g/mol. The highest BCUT2D eigenvalue weighted by Crippen LogP contribution is 2.30. The lowest BCUT2D eigenvalue weighted by molar-refractivity contribution is -0.141. The molecule has 0 aromatic rings. The summed E-state index contributed by atoms with van der Waals surface area (Å²) in [6, 6.07) is 0.579. The molecule has 0 saturated heterocycles. The van der Waals surface area contributed by atoms with Crippen LogP contribution in [0.2, 0.25) is 0 Å². The van der Waals surface area contributed by atoms with Gasteiger partial charge in [-0.1, -0.05) is 33.6 Å². The molecule has 0 spiro atoms. The number of hydrogen-bond donors (Lipinski definition) is 1. The van der Waals surface area contributed by atoms with Gasteiger partial charge in [0.2, 0.25) is 0 Å². The Bertz CT molecular complexity index is 265. The molecule has 1 saturated carbocycles. The monoisotopic (exact) mass is 255 g/mol. The van der Waals surface area contributed by atoms with Gasteiger partial charge in [-0.15, -0.1) is 0 Å². The third-order valence-corrected chi connectivity index (χ3v) is 4.53. The van der Waals surface area contributed by atoms with Crippen molar-refractivity contribution in [3.63, 3.8) is 0 Å². The molecule has 0 aromatic carbocycles. The first-order chi connectivity index (χ1) is 8.41. The van der Waals surface area contributed by atoms with Gasteiger partial charge in [0.25, 0.3) is 0 Å². The molecular weight excluding hydrogens is 226 g/mol. The SMILES string of the molecule is CC(CN(C)C1CCCC(C(C)C)CC1)C(=O)O. The second kappa shape index (κ2) is 7.13. The van der Waals surface area contributed by atoms with Crippen LogP contribution in [0, 0.1) is 17.8 Å². The van der Waals surface area contributed by atoms with Gasteiger partial charge in [-0.2, -0.15) is 0 Å². The second-order valence-corrected chi connectivity index (χ2v) is 6.35. The third kappa shape index (κ3) is 4.60. The molecule has 0 aromatic heterocycles. The molecular formula is C15H29NO2. The molecule has 1 rings (SSSR count). The Morgan fingerprint density at radius 2 is 1.89 bits per heavy atom. The van der Waals surface area contributed by atoms with Crippen LogP contribution in [0.15, 0.2) is 0 Å². The minimum Gasteiger partial charge on any atom is -0.481 e. The highest BCUT2D eigenvalue weighted by molar-refractivity contribution is 5.69. The van der Waals surface area contributed by atoms with Crippen molar-refractivity contribution in [3.05, 3.63) is 0 Å². The lowest BCUT2D eigenvalue weighted by Gasteiger charge is -2.28. The molecule has 1 fully saturated rings. The van der Waals surface area contributed by atoms with Crippen molar-refractivity contribution >= 4 is 5.97 Å². The minimum atomic E-state index is -0.685. The Hall–Kier alpha value is -0.570. The molecule has 3 unspecified atom stereocenters. The standard InChI is InChI=1S/C15H29NO2/c1-11(2)13-6-5-7-14(9-8-13)16(4)10-12(3)15(17)18/h11-14H,5-10H2,1-4H3,(H,17,18). The summed E-state index contributed by atoms with van der Waals surface area (Å²) in [6.07, 6.45) is 6.39. The van der Waals surface area contributed by atoms with Gasteiger partial charge < -0.3 is 10.0 Å². The van der Waals surface area contributed by atoms with Crippen LogP contribution >= 0.6 is 0 Å². The summed E-state index contributed by atoms with van der Waals surface area (Å²) in [4.78, 5) is 13.2. The lowest BCUT2D eigenvalue weighted by atomic mass is 9.89. The van der Waals surface area contributed by atoms with Crippen molar-refractivity contribution in [3.8, 4) is 0 Å². The molecule has 0 heterocycles. The van der Waals surface area contributed by atoms with E-state index in [1.165, 1.54) is 32.1 Å². The third-order valence-electron chi connectivity index (χ3n) is 4.53.